The van der Waals surface area contributed by atoms with Gasteiger partial charge in [-0.15, -0.1) is 0 Å². The van der Waals surface area contributed by atoms with Crippen LogP contribution >= 0.6 is 0 Å². The summed E-state index contributed by atoms with van der Waals surface area (Å²) in [7, 11) is 1.35. The zero-order valence-electron chi connectivity index (χ0n) is 7.92. The molecule has 11 heavy (non-hydrogen) atoms. The van der Waals surface area contributed by atoms with Gasteiger partial charge in [0.15, 0.2) is 0 Å². The number of esters is 1. The van der Waals surface area contributed by atoms with Crippen molar-refractivity contribution in [2.75, 3.05) is 7.11 Å². The van der Waals surface area contributed by atoms with Crippen LogP contribution in [-0.4, -0.2) is 24.3 Å². The molecule has 0 saturated heterocycles. The van der Waals surface area contributed by atoms with Crippen LogP contribution in [0.5, 0.6) is 0 Å². The number of aliphatic hydroxyl groups is 1. The zero-order valence-corrected chi connectivity index (χ0v) is 7.92. The molecule has 0 bridgehead atoms. The maximum absolute atomic E-state index is 9.59. The van der Waals surface area contributed by atoms with E-state index in [2.05, 4.69) is 4.74 Å². The summed E-state index contributed by atoms with van der Waals surface area (Å²) < 4.78 is 4.11. The largest absolute Gasteiger partial charge is 0.469 e. The molecule has 0 spiro atoms. The summed E-state index contributed by atoms with van der Waals surface area (Å²) in [6.07, 6.45) is -0.148. The van der Waals surface area contributed by atoms with E-state index in [-0.39, 0.29) is 12.1 Å². The third-order valence-corrected chi connectivity index (χ3v) is 1.25. The molecule has 0 radical (unpaired) electrons. The molecule has 0 heterocycles. The van der Waals surface area contributed by atoms with E-state index >= 15 is 0 Å². The maximum atomic E-state index is 9.59. The van der Waals surface area contributed by atoms with Crippen LogP contribution in [0.1, 0.15) is 27.7 Å². The Kier molecular flexibility index (Phi) is 8.94. The number of hydrogen-bond donors (Lipinski definition) is 1. The smallest absolute Gasteiger partial charge is 0.302 e. The highest BCUT2D eigenvalue weighted by Gasteiger charge is 1.97. The predicted molar refractivity (Wildman–Crippen MR) is 44.2 cm³/mol. The minimum atomic E-state index is -0.245. The molecule has 0 aliphatic rings. The highest BCUT2D eigenvalue weighted by Crippen LogP contribution is 1.96. The Morgan fingerprint density at radius 1 is 1.36 bits per heavy atom. The maximum Gasteiger partial charge on any atom is 0.302 e. The van der Waals surface area contributed by atoms with Crippen molar-refractivity contribution in [3.05, 3.63) is 0 Å². The molecular formula is C8H18O3. The van der Waals surface area contributed by atoms with Crippen molar-refractivity contribution in [3.63, 3.8) is 0 Å². The predicted octanol–water partition coefficient (Wildman–Crippen LogP) is 1.20. The van der Waals surface area contributed by atoms with Crippen LogP contribution in [0.2, 0.25) is 0 Å². The van der Waals surface area contributed by atoms with Gasteiger partial charge in [0.2, 0.25) is 0 Å². The normalized spacial score (nSPS) is 11.5. The van der Waals surface area contributed by atoms with Crippen molar-refractivity contribution in [2.45, 2.75) is 33.8 Å². The van der Waals surface area contributed by atoms with Crippen LogP contribution in [0.15, 0.2) is 0 Å². The second kappa shape index (κ2) is 7.54. The molecule has 0 saturated carbocycles. The molecule has 1 N–H and O–H groups in total. The number of ether oxygens (including phenoxy) is 1. The highest BCUT2D eigenvalue weighted by atomic mass is 16.5. The van der Waals surface area contributed by atoms with E-state index in [1.165, 1.54) is 14.0 Å². The minimum absolute atomic E-state index is 0.148. The number of aliphatic hydroxyl groups excluding tert-OH is 1. The first kappa shape index (κ1) is 13.1. The lowest BCUT2D eigenvalue weighted by Gasteiger charge is -2.04. The molecule has 0 aromatic rings. The Hall–Kier alpha value is -0.570. The van der Waals surface area contributed by atoms with Crippen LogP contribution in [-0.2, 0) is 9.53 Å². The van der Waals surface area contributed by atoms with Gasteiger partial charge in [-0.1, -0.05) is 13.8 Å². The van der Waals surface area contributed by atoms with E-state index in [4.69, 9.17) is 5.11 Å². The lowest BCUT2D eigenvalue weighted by Crippen LogP contribution is -2.07. The first-order valence-electron chi connectivity index (χ1n) is 3.64. The van der Waals surface area contributed by atoms with Crippen LogP contribution in [0.25, 0.3) is 0 Å². The number of methoxy groups -OCH3 is 1. The second-order valence-corrected chi connectivity index (χ2v) is 2.68. The van der Waals surface area contributed by atoms with Gasteiger partial charge in [-0.05, 0) is 12.8 Å². The Morgan fingerprint density at radius 3 is 1.55 bits per heavy atom. The molecular weight excluding hydrogens is 144 g/mol. The molecule has 3 heteroatoms. The van der Waals surface area contributed by atoms with Crippen molar-refractivity contribution in [2.24, 2.45) is 5.92 Å². The van der Waals surface area contributed by atoms with Crippen LogP contribution in [0.4, 0.5) is 0 Å². The van der Waals surface area contributed by atoms with Crippen LogP contribution in [0, 0.1) is 5.92 Å². The summed E-state index contributed by atoms with van der Waals surface area (Å²) in [5.41, 5.74) is 0. The van der Waals surface area contributed by atoms with Gasteiger partial charge in [0.05, 0.1) is 13.2 Å². The first-order valence-corrected chi connectivity index (χ1v) is 3.64. The van der Waals surface area contributed by atoms with Crippen molar-refractivity contribution < 1.29 is 14.6 Å². The van der Waals surface area contributed by atoms with Gasteiger partial charge in [-0.2, -0.15) is 0 Å². The van der Waals surface area contributed by atoms with E-state index in [0.29, 0.717) is 5.92 Å². The van der Waals surface area contributed by atoms with Gasteiger partial charge in [-0.25, -0.2) is 0 Å². The van der Waals surface area contributed by atoms with Crippen molar-refractivity contribution in [1.82, 2.24) is 0 Å². The van der Waals surface area contributed by atoms with Gasteiger partial charge in [0.25, 0.3) is 0 Å². The van der Waals surface area contributed by atoms with E-state index in [1.54, 1.807) is 6.92 Å². The number of hydrogen-bond acceptors (Lipinski definition) is 3. The Labute approximate surface area is 68.4 Å². The van der Waals surface area contributed by atoms with Gasteiger partial charge < -0.3 is 9.84 Å². The quantitative estimate of drug-likeness (QED) is 0.589. The average molecular weight is 162 g/mol. The van der Waals surface area contributed by atoms with Crippen molar-refractivity contribution in [3.8, 4) is 0 Å². The molecule has 0 fully saturated rings. The van der Waals surface area contributed by atoms with E-state index in [0.717, 1.165) is 0 Å². The Bertz CT molecular complexity index is 91.5. The molecule has 1 unspecified atom stereocenters. The van der Waals surface area contributed by atoms with Crippen LogP contribution < -0.4 is 0 Å². The topological polar surface area (TPSA) is 46.5 Å². The minimum Gasteiger partial charge on any atom is -0.469 e. The number of carbonyl (C=O) groups excluding carboxylic acids is 1. The lowest BCUT2D eigenvalue weighted by atomic mass is 10.1. The Balaban J connectivity index is 0. The summed E-state index contributed by atoms with van der Waals surface area (Å²) >= 11 is 0. The third kappa shape index (κ3) is 17.7. The fourth-order valence-corrected chi connectivity index (χ4v) is 0. The molecule has 3 nitrogen and oxygen atoms in total. The van der Waals surface area contributed by atoms with Crippen molar-refractivity contribution in [1.29, 1.82) is 0 Å². The average Bonchev–Trinajstić information content (AvgIpc) is 1.89. The van der Waals surface area contributed by atoms with Crippen LogP contribution in [0.3, 0.4) is 0 Å². The van der Waals surface area contributed by atoms with Gasteiger partial charge in [0.1, 0.15) is 0 Å². The fourth-order valence-electron chi connectivity index (χ4n) is 0. The summed E-state index contributed by atoms with van der Waals surface area (Å²) in [6, 6.07) is 0. The molecule has 68 valence electrons. The third-order valence-electron chi connectivity index (χ3n) is 1.25. The molecule has 0 aliphatic heterocycles. The number of rotatable bonds is 1. The molecule has 0 aliphatic carbocycles. The van der Waals surface area contributed by atoms with Gasteiger partial charge in [0, 0.05) is 6.92 Å². The molecule has 0 amide bonds. The lowest BCUT2D eigenvalue weighted by molar-refractivity contribution is -0.137. The van der Waals surface area contributed by atoms with Crippen molar-refractivity contribution >= 4 is 5.97 Å². The monoisotopic (exact) mass is 162 g/mol. The van der Waals surface area contributed by atoms with E-state index < -0.39 is 0 Å². The summed E-state index contributed by atoms with van der Waals surface area (Å²) in [5.74, 6) is 0.162. The SMILES string of the molecule is CC(C)C(C)O.COC(C)=O. The Morgan fingerprint density at radius 2 is 1.55 bits per heavy atom. The van der Waals surface area contributed by atoms with Gasteiger partial charge in [-0.3, -0.25) is 4.79 Å². The molecule has 0 aromatic carbocycles. The number of carbonyl (C=O) groups is 1. The second-order valence-electron chi connectivity index (χ2n) is 2.68. The standard InChI is InChI=1S/C5H12O.C3H6O2/c1-4(2)5(3)6;1-3(4)5-2/h4-6H,1-3H3;1-2H3. The summed E-state index contributed by atoms with van der Waals surface area (Å²) in [4.78, 5) is 9.59. The summed E-state index contributed by atoms with van der Waals surface area (Å²) in [5, 5.41) is 8.63. The van der Waals surface area contributed by atoms with E-state index in [1.807, 2.05) is 13.8 Å². The van der Waals surface area contributed by atoms with E-state index in [9.17, 15) is 4.79 Å². The highest BCUT2D eigenvalue weighted by molar-refractivity contribution is 5.65. The first-order chi connectivity index (χ1) is 4.91. The molecule has 0 aromatic heterocycles. The zero-order chi connectivity index (χ0) is 9.44. The van der Waals surface area contributed by atoms with Gasteiger partial charge >= 0.3 is 5.97 Å². The fraction of sp³-hybridized carbons (Fsp3) is 0.875. The summed E-state index contributed by atoms with van der Waals surface area (Å²) in [6.45, 7) is 7.14. The molecule has 0 rings (SSSR count). The molecule has 1 atom stereocenters.